The lowest BCUT2D eigenvalue weighted by Gasteiger charge is -2.13. The fourth-order valence-electron chi connectivity index (χ4n) is 1.57. The molecule has 1 aromatic carbocycles. The highest BCUT2D eigenvalue weighted by Crippen LogP contribution is 2.08. The molecule has 0 unspecified atom stereocenters. The summed E-state index contributed by atoms with van der Waals surface area (Å²) in [6, 6.07) is 6.85. The molecule has 0 fully saturated rings. The molecule has 0 radical (unpaired) electrons. The molecule has 26 heavy (non-hydrogen) atoms. The molecule has 0 saturated carbocycles. The van der Waals surface area contributed by atoms with Crippen LogP contribution in [0.3, 0.4) is 0 Å². The van der Waals surface area contributed by atoms with E-state index in [2.05, 4.69) is 45.5 Å². The van der Waals surface area contributed by atoms with Gasteiger partial charge < -0.3 is 10.6 Å². The van der Waals surface area contributed by atoms with E-state index in [0.29, 0.717) is 28.9 Å². The van der Waals surface area contributed by atoms with E-state index in [1.54, 1.807) is 24.3 Å². The Kier molecular flexibility index (Phi) is 9.10. The second-order valence-electron chi connectivity index (χ2n) is 5.69. The monoisotopic (exact) mass is 392 g/mol. The standard InChI is InChI=1S/C17H24N6OS2/c1-11(2)9-18-16(25)22-20-14-7-5-13(6-8-14)15(24)21-23-17(26)19-10-12(3)4/h5-8,20H,1,3,9-10H2,2,4H3,(H,21,24)(H2,18,22,25)(H2,19,23,26). The van der Waals surface area contributed by atoms with Crippen LogP contribution in [0.25, 0.3) is 0 Å². The van der Waals surface area contributed by atoms with Crippen LogP contribution >= 0.6 is 24.4 Å². The topological polar surface area (TPSA) is 89.2 Å². The SMILES string of the molecule is C=C(C)CNC(=S)NNC(=O)c1ccc(NNC(=S)NCC(=C)C)cc1. The first-order chi connectivity index (χ1) is 12.3. The summed E-state index contributed by atoms with van der Waals surface area (Å²) in [5, 5.41) is 6.67. The Balaban J connectivity index is 2.40. The average Bonchev–Trinajstić information content (AvgIpc) is 2.61. The van der Waals surface area contributed by atoms with Crippen LogP contribution < -0.4 is 32.3 Å². The van der Waals surface area contributed by atoms with E-state index in [-0.39, 0.29) is 5.91 Å². The fourth-order valence-corrected chi connectivity index (χ4v) is 1.82. The number of benzene rings is 1. The summed E-state index contributed by atoms with van der Waals surface area (Å²) >= 11 is 10.2. The molecule has 1 rings (SSSR count). The number of carbonyl (C=O) groups is 1. The van der Waals surface area contributed by atoms with Crippen molar-refractivity contribution in [2.45, 2.75) is 13.8 Å². The molecule has 0 atom stereocenters. The first-order valence-corrected chi connectivity index (χ1v) is 8.62. The van der Waals surface area contributed by atoms with Crippen LogP contribution in [-0.2, 0) is 0 Å². The summed E-state index contributed by atoms with van der Waals surface area (Å²) < 4.78 is 0. The van der Waals surface area contributed by atoms with Crippen LogP contribution in [0.15, 0.2) is 48.6 Å². The van der Waals surface area contributed by atoms with Crippen molar-refractivity contribution in [2.75, 3.05) is 18.5 Å². The number of rotatable bonds is 7. The molecule has 1 amide bonds. The van der Waals surface area contributed by atoms with Crippen molar-refractivity contribution in [2.24, 2.45) is 0 Å². The van der Waals surface area contributed by atoms with E-state index in [0.717, 1.165) is 16.8 Å². The highest BCUT2D eigenvalue weighted by Gasteiger charge is 2.06. The Morgan fingerprint density at radius 2 is 1.38 bits per heavy atom. The lowest BCUT2D eigenvalue weighted by Crippen LogP contribution is -2.47. The molecule has 140 valence electrons. The molecule has 7 nitrogen and oxygen atoms in total. The van der Waals surface area contributed by atoms with Crippen molar-refractivity contribution in [3.63, 3.8) is 0 Å². The maximum Gasteiger partial charge on any atom is 0.269 e. The maximum atomic E-state index is 12.1. The van der Waals surface area contributed by atoms with Gasteiger partial charge in [-0.25, -0.2) is 0 Å². The summed E-state index contributed by atoms with van der Waals surface area (Å²) in [5.74, 6) is -0.303. The van der Waals surface area contributed by atoms with Crippen LogP contribution in [-0.4, -0.2) is 29.2 Å². The highest BCUT2D eigenvalue weighted by atomic mass is 32.1. The zero-order chi connectivity index (χ0) is 19.5. The number of anilines is 1. The zero-order valence-electron chi connectivity index (χ0n) is 14.9. The van der Waals surface area contributed by atoms with Crippen LogP contribution in [0.4, 0.5) is 5.69 Å². The molecule has 0 aliphatic rings. The number of thiocarbonyl (C=S) groups is 2. The van der Waals surface area contributed by atoms with Crippen molar-refractivity contribution in [3.8, 4) is 0 Å². The predicted molar refractivity (Wildman–Crippen MR) is 115 cm³/mol. The second kappa shape index (κ2) is 11.1. The number of nitrogens with one attached hydrogen (secondary N) is 6. The fraction of sp³-hybridized carbons (Fsp3) is 0.235. The molecule has 0 saturated heterocycles. The Morgan fingerprint density at radius 1 is 0.885 bits per heavy atom. The van der Waals surface area contributed by atoms with Gasteiger partial charge in [-0.15, -0.1) is 0 Å². The van der Waals surface area contributed by atoms with Gasteiger partial charge in [0, 0.05) is 18.7 Å². The minimum atomic E-state index is -0.303. The molecule has 0 bridgehead atoms. The van der Waals surface area contributed by atoms with Crippen molar-refractivity contribution in [1.82, 2.24) is 26.9 Å². The van der Waals surface area contributed by atoms with Crippen LogP contribution in [0.1, 0.15) is 24.2 Å². The molecule has 0 aliphatic carbocycles. The van der Waals surface area contributed by atoms with E-state index in [1.807, 2.05) is 13.8 Å². The third-order valence-corrected chi connectivity index (χ3v) is 3.35. The van der Waals surface area contributed by atoms with Crippen molar-refractivity contribution < 1.29 is 4.79 Å². The van der Waals surface area contributed by atoms with Gasteiger partial charge in [-0.2, -0.15) is 0 Å². The predicted octanol–water partition coefficient (Wildman–Crippen LogP) is 1.74. The molecule has 9 heteroatoms. The quantitative estimate of drug-likeness (QED) is 0.238. The molecule has 0 spiro atoms. The molecule has 6 N–H and O–H groups in total. The second-order valence-corrected chi connectivity index (χ2v) is 6.50. The highest BCUT2D eigenvalue weighted by molar-refractivity contribution is 7.80. The summed E-state index contributed by atoms with van der Waals surface area (Å²) in [7, 11) is 0. The number of hydrogen-bond acceptors (Lipinski definition) is 4. The molecule has 0 aromatic heterocycles. The first-order valence-electron chi connectivity index (χ1n) is 7.81. The van der Waals surface area contributed by atoms with Crippen LogP contribution in [0.2, 0.25) is 0 Å². The van der Waals surface area contributed by atoms with E-state index >= 15 is 0 Å². The van der Waals surface area contributed by atoms with Gasteiger partial charge in [0.25, 0.3) is 5.91 Å². The lowest BCUT2D eigenvalue weighted by atomic mass is 10.2. The van der Waals surface area contributed by atoms with Crippen LogP contribution in [0.5, 0.6) is 0 Å². The van der Waals surface area contributed by atoms with E-state index < -0.39 is 0 Å². The normalized spacial score (nSPS) is 9.46. The smallest absolute Gasteiger partial charge is 0.269 e. The largest absolute Gasteiger partial charge is 0.358 e. The number of hydrogen-bond donors (Lipinski definition) is 6. The van der Waals surface area contributed by atoms with Crippen molar-refractivity contribution in [3.05, 3.63) is 54.1 Å². The zero-order valence-corrected chi connectivity index (χ0v) is 16.5. The average molecular weight is 393 g/mol. The first kappa shape index (κ1) is 21.4. The summed E-state index contributed by atoms with van der Waals surface area (Å²) in [4.78, 5) is 12.1. The Bertz CT molecular complexity index is 687. The van der Waals surface area contributed by atoms with Gasteiger partial charge in [0.2, 0.25) is 0 Å². The molecule has 1 aromatic rings. The van der Waals surface area contributed by atoms with Gasteiger partial charge in [-0.1, -0.05) is 24.3 Å². The molecular formula is C17H24N6OS2. The maximum absolute atomic E-state index is 12.1. The van der Waals surface area contributed by atoms with E-state index in [9.17, 15) is 4.79 Å². The third kappa shape index (κ3) is 9.00. The van der Waals surface area contributed by atoms with Crippen molar-refractivity contribution in [1.29, 1.82) is 0 Å². The van der Waals surface area contributed by atoms with Gasteiger partial charge in [0.05, 0.1) is 5.69 Å². The molecule has 0 aliphatic heterocycles. The minimum absolute atomic E-state index is 0.303. The summed E-state index contributed by atoms with van der Waals surface area (Å²) in [6.45, 7) is 12.5. The summed E-state index contributed by atoms with van der Waals surface area (Å²) in [6.07, 6.45) is 0. The third-order valence-electron chi connectivity index (χ3n) is 2.86. The number of hydrazine groups is 2. The van der Waals surface area contributed by atoms with Gasteiger partial charge >= 0.3 is 0 Å². The Hall–Kier alpha value is -2.65. The number of carbonyl (C=O) groups excluding carboxylic acids is 1. The van der Waals surface area contributed by atoms with E-state index in [4.69, 9.17) is 24.4 Å². The Morgan fingerprint density at radius 3 is 1.88 bits per heavy atom. The van der Waals surface area contributed by atoms with Gasteiger partial charge in [0.15, 0.2) is 10.2 Å². The minimum Gasteiger partial charge on any atom is -0.358 e. The van der Waals surface area contributed by atoms with Gasteiger partial charge in [-0.05, 0) is 62.5 Å². The van der Waals surface area contributed by atoms with Gasteiger partial charge in [-0.3, -0.25) is 26.5 Å². The Labute approximate surface area is 164 Å². The lowest BCUT2D eigenvalue weighted by molar-refractivity contribution is 0.0943. The van der Waals surface area contributed by atoms with Crippen LogP contribution in [0, 0.1) is 0 Å². The number of amides is 1. The molecular weight excluding hydrogens is 368 g/mol. The van der Waals surface area contributed by atoms with Gasteiger partial charge in [0.1, 0.15) is 0 Å². The van der Waals surface area contributed by atoms with Crippen molar-refractivity contribution >= 4 is 46.3 Å². The van der Waals surface area contributed by atoms with E-state index in [1.165, 1.54) is 0 Å². The summed E-state index contributed by atoms with van der Waals surface area (Å²) in [5.41, 5.74) is 14.1. The molecule has 0 heterocycles.